The van der Waals surface area contributed by atoms with Crippen LogP contribution in [0.4, 0.5) is 13.6 Å². The molecule has 0 spiro atoms. The molecule has 0 aliphatic rings. The van der Waals surface area contributed by atoms with Gasteiger partial charge in [-0.25, -0.2) is 4.79 Å². The minimum Gasteiger partial charge on any atom is -0.452 e. The Bertz CT molecular complexity index is 676. The van der Waals surface area contributed by atoms with Crippen molar-refractivity contribution in [3.8, 4) is 5.75 Å². The highest BCUT2D eigenvalue weighted by Crippen LogP contribution is 2.20. The van der Waals surface area contributed by atoms with Crippen LogP contribution in [-0.2, 0) is 6.54 Å². The van der Waals surface area contributed by atoms with Crippen molar-refractivity contribution in [3.05, 3.63) is 52.4 Å². The van der Waals surface area contributed by atoms with E-state index in [2.05, 4.69) is 26.0 Å². The number of hydrogen-bond donors (Lipinski definition) is 1. The van der Waals surface area contributed by atoms with Gasteiger partial charge in [0.25, 0.3) is 0 Å². The van der Waals surface area contributed by atoms with E-state index in [1.807, 2.05) is 0 Å². The number of benzene rings is 1. The Kier molecular flexibility index (Phi) is 6.19. The number of nitrogens with one attached hydrogen (secondary N) is 1. The van der Waals surface area contributed by atoms with Crippen LogP contribution < -0.4 is 10.1 Å². The van der Waals surface area contributed by atoms with Crippen molar-refractivity contribution < 1.29 is 22.7 Å². The number of hydrogen-bond acceptors (Lipinski definition) is 3. The molecular weight excluding hydrogens is 386 g/mol. The molecule has 0 bridgehead atoms. The van der Waals surface area contributed by atoms with E-state index in [4.69, 9.17) is 4.42 Å². The maximum absolute atomic E-state index is 12.2. The Morgan fingerprint density at radius 1 is 1.29 bits per heavy atom. The summed E-state index contributed by atoms with van der Waals surface area (Å²) in [5, 5.41) is 2.83. The Labute approximate surface area is 146 Å². The van der Waals surface area contributed by atoms with E-state index in [9.17, 15) is 13.6 Å². The highest BCUT2D eigenvalue weighted by Gasteiger charge is 2.15. The Balaban J connectivity index is 1.90. The lowest BCUT2D eigenvalue weighted by Gasteiger charge is -2.21. The molecule has 24 heavy (non-hydrogen) atoms. The Hall–Kier alpha value is -2.09. The first-order chi connectivity index (χ1) is 11.3. The van der Waals surface area contributed by atoms with Crippen LogP contribution in [0.1, 0.15) is 24.3 Å². The molecule has 0 aliphatic heterocycles. The van der Waals surface area contributed by atoms with Crippen molar-refractivity contribution in [2.24, 2.45) is 0 Å². The molecule has 8 heteroatoms. The van der Waals surface area contributed by atoms with Crippen LogP contribution in [0.3, 0.4) is 0 Å². The summed E-state index contributed by atoms with van der Waals surface area (Å²) in [4.78, 5) is 13.7. The number of ether oxygens (including phenoxy) is 1. The summed E-state index contributed by atoms with van der Waals surface area (Å²) in [5.74, 6) is 0.730. The molecule has 1 unspecified atom stereocenters. The molecule has 1 N–H and O–H groups in total. The van der Waals surface area contributed by atoms with Crippen LogP contribution in [0.25, 0.3) is 0 Å². The van der Waals surface area contributed by atoms with Gasteiger partial charge in [0, 0.05) is 7.05 Å². The molecule has 1 aromatic heterocycles. The number of amides is 2. The molecule has 0 saturated heterocycles. The van der Waals surface area contributed by atoms with Gasteiger partial charge in [0.2, 0.25) is 0 Å². The van der Waals surface area contributed by atoms with Gasteiger partial charge in [0.1, 0.15) is 11.5 Å². The van der Waals surface area contributed by atoms with Gasteiger partial charge in [-0.15, -0.1) is 0 Å². The highest BCUT2D eigenvalue weighted by atomic mass is 79.9. The van der Waals surface area contributed by atoms with Crippen molar-refractivity contribution in [3.63, 3.8) is 0 Å². The second-order valence-electron chi connectivity index (χ2n) is 5.18. The quantitative estimate of drug-likeness (QED) is 0.770. The first kappa shape index (κ1) is 18.3. The second kappa shape index (κ2) is 8.14. The minimum absolute atomic E-state index is 0.0767. The molecule has 2 aromatic rings. The van der Waals surface area contributed by atoms with Gasteiger partial charge in [0.15, 0.2) is 4.67 Å². The van der Waals surface area contributed by atoms with Gasteiger partial charge in [-0.2, -0.15) is 8.78 Å². The lowest BCUT2D eigenvalue weighted by molar-refractivity contribution is -0.0498. The molecular formula is C16H17BrF2N2O3. The number of nitrogens with zero attached hydrogens (tertiary/aromatic N) is 1. The van der Waals surface area contributed by atoms with Crippen molar-refractivity contribution in [1.82, 2.24) is 10.2 Å². The summed E-state index contributed by atoms with van der Waals surface area (Å²) in [6.45, 7) is -0.730. The number of furan rings is 1. The molecule has 0 radical (unpaired) electrons. The fourth-order valence-electron chi connectivity index (χ4n) is 2.06. The van der Waals surface area contributed by atoms with Gasteiger partial charge in [-0.1, -0.05) is 12.1 Å². The Morgan fingerprint density at radius 3 is 2.50 bits per heavy atom. The predicted molar refractivity (Wildman–Crippen MR) is 87.9 cm³/mol. The van der Waals surface area contributed by atoms with Gasteiger partial charge in [-0.3, -0.25) is 0 Å². The molecule has 0 fully saturated rings. The number of urea groups is 1. The van der Waals surface area contributed by atoms with Crippen LogP contribution in [0, 0.1) is 0 Å². The van der Waals surface area contributed by atoms with E-state index < -0.39 is 6.61 Å². The molecule has 5 nitrogen and oxygen atoms in total. The lowest BCUT2D eigenvalue weighted by atomic mass is 10.1. The largest absolute Gasteiger partial charge is 0.452 e. The third kappa shape index (κ3) is 5.23. The van der Waals surface area contributed by atoms with Crippen molar-refractivity contribution in [2.75, 3.05) is 7.05 Å². The van der Waals surface area contributed by atoms with Crippen molar-refractivity contribution in [1.29, 1.82) is 0 Å². The van der Waals surface area contributed by atoms with Crippen LogP contribution in [0.2, 0.25) is 0 Å². The second-order valence-corrected chi connectivity index (χ2v) is 5.96. The van der Waals surface area contributed by atoms with Crippen LogP contribution in [0.15, 0.2) is 45.5 Å². The third-order valence-corrected chi connectivity index (χ3v) is 3.74. The molecule has 130 valence electrons. The zero-order valence-electron chi connectivity index (χ0n) is 13.1. The zero-order chi connectivity index (χ0) is 17.7. The molecule has 1 heterocycles. The number of alkyl halides is 2. The van der Waals surface area contributed by atoms with E-state index in [0.29, 0.717) is 17.0 Å². The van der Waals surface area contributed by atoms with Crippen LogP contribution >= 0.6 is 15.9 Å². The van der Waals surface area contributed by atoms with Gasteiger partial charge in [-0.05, 0) is 52.7 Å². The summed E-state index contributed by atoms with van der Waals surface area (Å²) >= 11 is 3.21. The topological polar surface area (TPSA) is 54.7 Å². The first-order valence-electron chi connectivity index (χ1n) is 7.15. The standard InChI is InChI=1S/C16H17BrF2N2O3/c1-10(11-3-5-12(6-4-11)24-15(18)19)20-16(22)21(2)9-13-7-8-14(17)23-13/h3-8,10,15H,9H2,1-2H3,(H,20,22). The lowest BCUT2D eigenvalue weighted by Crippen LogP contribution is -2.38. The predicted octanol–water partition coefficient (Wildman–Crippen LogP) is 4.55. The number of rotatable bonds is 6. The average Bonchev–Trinajstić information content (AvgIpc) is 2.92. The van der Waals surface area contributed by atoms with Gasteiger partial charge >= 0.3 is 12.6 Å². The fourth-order valence-corrected chi connectivity index (χ4v) is 2.40. The summed E-state index contributed by atoms with van der Waals surface area (Å²) < 4.78 is 34.5. The monoisotopic (exact) mass is 402 g/mol. The van der Waals surface area contributed by atoms with E-state index in [-0.39, 0.29) is 17.8 Å². The molecule has 0 saturated carbocycles. The third-order valence-electron chi connectivity index (χ3n) is 3.31. The van der Waals surface area contributed by atoms with Gasteiger partial charge < -0.3 is 19.4 Å². The zero-order valence-corrected chi connectivity index (χ0v) is 14.7. The first-order valence-corrected chi connectivity index (χ1v) is 7.95. The molecule has 2 rings (SSSR count). The SMILES string of the molecule is CC(NC(=O)N(C)Cc1ccc(Br)o1)c1ccc(OC(F)F)cc1. The number of carbonyl (C=O) groups excluding carboxylic acids is 1. The van der Waals surface area contributed by atoms with Crippen molar-refractivity contribution >= 4 is 22.0 Å². The minimum atomic E-state index is -2.86. The maximum Gasteiger partial charge on any atom is 0.387 e. The summed E-state index contributed by atoms with van der Waals surface area (Å²) in [7, 11) is 1.65. The van der Waals surface area contributed by atoms with E-state index in [1.54, 1.807) is 38.2 Å². The van der Waals surface area contributed by atoms with E-state index in [0.717, 1.165) is 5.56 Å². The fraction of sp³-hybridized carbons (Fsp3) is 0.312. The maximum atomic E-state index is 12.2. The van der Waals surface area contributed by atoms with E-state index >= 15 is 0 Å². The Morgan fingerprint density at radius 2 is 1.96 bits per heavy atom. The smallest absolute Gasteiger partial charge is 0.387 e. The molecule has 1 atom stereocenters. The molecule has 1 aromatic carbocycles. The number of carbonyl (C=O) groups is 1. The molecule has 2 amide bonds. The number of halogens is 3. The molecule has 0 aliphatic carbocycles. The van der Waals surface area contributed by atoms with E-state index in [1.165, 1.54) is 17.0 Å². The van der Waals surface area contributed by atoms with Crippen LogP contribution in [-0.4, -0.2) is 24.6 Å². The normalized spacial score (nSPS) is 12.1. The van der Waals surface area contributed by atoms with Crippen LogP contribution in [0.5, 0.6) is 5.75 Å². The van der Waals surface area contributed by atoms with Crippen molar-refractivity contribution in [2.45, 2.75) is 26.1 Å². The average molecular weight is 403 g/mol. The summed E-state index contributed by atoms with van der Waals surface area (Å²) in [5.41, 5.74) is 0.777. The summed E-state index contributed by atoms with van der Waals surface area (Å²) in [6, 6.07) is 9.11. The highest BCUT2D eigenvalue weighted by molar-refractivity contribution is 9.10. The summed E-state index contributed by atoms with van der Waals surface area (Å²) in [6.07, 6.45) is 0. The van der Waals surface area contributed by atoms with Gasteiger partial charge in [0.05, 0.1) is 12.6 Å².